The van der Waals surface area contributed by atoms with Crippen LogP contribution in [0.1, 0.15) is 41.6 Å². The van der Waals surface area contributed by atoms with Crippen LogP contribution in [-0.4, -0.2) is 18.9 Å². The van der Waals surface area contributed by atoms with Gasteiger partial charge in [0, 0.05) is 18.2 Å². The van der Waals surface area contributed by atoms with Crippen LogP contribution in [-0.2, 0) is 0 Å². The van der Waals surface area contributed by atoms with Gasteiger partial charge in [-0.2, -0.15) is 0 Å². The Hall–Kier alpha value is -4.06. The number of carbonyl (C=O) groups is 2. The monoisotopic (exact) mass is 441 g/mol. The summed E-state index contributed by atoms with van der Waals surface area (Å²) in [6, 6.07) is 20.6. The Morgan fingerprint density at radius 3 is 2.30 bits per heavy atom. The number of amides is 1. The number of rotatable bonds is 6. The lowest BCUT2D eigenvalue weighted by molar-refractivity contribution is 0.101. The van der Waals surface area contributed by atoms with Crippen molar-refractivity contribution in [3.63, 3.8) is 0 Å². The molecule has 33 heavy (non-hydrogen) atoms. The van der Waals surface area contributed by atoms with Crippen LogP contribution in [0.2, 0.25) is 0 Å². The Labute approximate surface area is 191 Å². The van der Waals surface area contributed by atoms with Gasteiger partial charge >= 0.3 is 6.09 Å². The van der Waals surface area contributed by atoms with Gasteiger partial charge in [0.2, 0.25) is 0 Å². The largest absolute Gasteiger partial charge is 0.457 e. The Morgan fingerprint density at radius 1 is 0.970 bits per heavy atom. The number of hydrogen-bond donors (Lipinski definition) is 1. The van der Waals surface area contributed by atoms with E-state index in [1.54, 1.807) is 13.0 Å². The maximum absolute atomic E-state index is 12.3. The molecule has 3 aromatic carbocycles. The first-order valence-electron chi connectivity index (χ1n) is 10.9. The maximum atomic E-state index is 12.3. The molecule has 6 heteroatoms. The van der Waals surface area contributed by atoms with Gasteiger partial charge in [0.05, 0.1) is 5.39 Å². The second-order valence-corrected chi connectivity index (χ2v) is 8.11. The van der Waals surface area contributed by atoms with Crippen molar-refractivity contribution < 1.29 is 23.5 Å². The van der Waals surface area contributed by atoms with Crippen LogP contribution in [0.25, 0.3) is 22.3 Å². The summed E-state index contributed by atoms with van der Waals surface area (Å²) in [6.07, 6.45) is 1.50. The number of furan rings is 1. The van der Waals surface area contributed by atoms with Gasteiger partial charge in [0.15, 0.2) is 17.3 Å². The Balaban J connectivity index is 1.58. The second kappa shape index (κ2) is 8.47. The van der Waals surface area contributed by atoms with E-state index in [0.717, 1.165) is 29.7 Å². The number of fused-ring (bicyclic) bond motifs is 1. The average Bonchev–Trinajstić information content (AvgIpc) is 3.62. The van der Waals surface area contributed by atoms with Crippen LogP contribution < -0.4 is 14.8 Å². The van der Waals surface area contributed by atoms with Gasteiger partial charge in [-0.3, -0.25) is 4.79 Å². The zero-order valence-electron chi connectivity index (χ0n) is 18.4. The highest BCUT2D eigenvalue weighted by Crippen LogP contribution is 2.47. The van der Waals surface area contributed by atoms with Crippen molar-refractivity contribution in [3.8, 4) is 28.6 Å². The number of ether oxygens (including phenoxy) is 2. The van der Waals surface area contributed by atoms with Gasteiger partial charge in [-0.1, -0.05) is 18.2 Å². The molecule has 1 aliphatic carbocycles. The zero-order valence-corrected chi connectivity index (χ0v) is 18.4. The smallest absolute Gasteiger partial charge is 0.412 e. The molecule has 1 saturated carbocycles. The topological polar surface area (TPSA) is 77.8 Å². The fraction of sp³-hybridized carbons (Fsp3) is 0.185. The molecule has 0 atom stereocenters. The van der Waals surface area contributed by atoms with E-state index in [2.05, 4.69) is 5.32 Å². The molecule has 1 amide bonds. The van der Waals surface area contributed by atoms with Crippen molar-refractivity contribution >= 4 is 22.8 Å². The van der Waals surface area contributed by atoms with E-state index in [9.17, 15) is 9.59 Å². The molecular weight excluding hydrogens is 418 g/mol. The normalized spacial score (nSPS) is 13.0. The maximum Gasteiger partial charge on any atom is 0.412 e. The third-order valence-electron chi connectivity index (χ3n) is 5.71. The highest BCUT2D eigenvalue weighted by atomic mass is 16.6. The van der Waals surface area contributed by atoms with Gasteiger partial charge < -0.3 is 19.2 Å². The van der Waals surface area contributed by atoms with Crippen LogP contribution in [0.3, 0.4) is 0 Å². The first-order chi connectivity index (χ1) is 16.0. The molecule has 166 valence electrons. The van der Waals surface area contributed by atoms with Crippen molar-refractivity contribution in [2.75, 3.05) is 7.05 Å². The van der Waals surface area contributed by atoms with E-state index in [-0.39, 0.29) is 5.78 Å². The van der Waals surface area contributed by atoms with Crippen LogP contribution in [0.4, 0.5) is 4.79 Å². The number of para-hydroxylation sites is 1. The van der Waals surface area contributed by atoms with Crippen molar-refractivity contribution in [2.24, 2.45) is 0 Å². The molecule has 0 aliphatic heterocycles. The van der Waals surface area contributed by atoms with Gasteiger partial charge in [-0.25, -0.2) is 4.79 Å². The number of benzene rings is 3. The number of ketones is 1. The molecular formula is C27H23NO5. The van der Waals surface area contributed by atoms with E-state index in [4.69, 9.17) is 13.9 Å². The van der Waals surface area contributed by atoms with E-state index in [1.165, 1.54) is 7.05 Å². The molecule has 6 nitrogen and oxygen atoms in total. The summed E-state index contributed by atoms with van der Waals surface area (Å²) < 4.78 is 17.6. The lowest BCUT2D eigenvalue weighted by atomic mass is 9.98. The van der Waals surface area contributed by atoms with Crippen molar-refractivity contribution in [1.82, 2.24) is 5.32 Å². The van der Waals surface area contributed by atoms with Gasteiger partial charge in [-0.15, -0.1) is 0 Å². The molecule has 0 spiro atoms. The molecule has 0 radical (unpaired) electrons. The Kier molecular flexibility index (Phi) is 5.34. The fourth-order valence-corrected chi connectivity index (χ4v) is 3.91. The first-order valence-corrected chi connectivity index (χ1v) is 10.9. The van der Waals surface area contributed by atoms with Crippen LogP contribution in [0.5, 0.6) is 17.2 Å². The Morgan fingerprint density at radius 2 is 1.67 bits per heavy atom. The molecule has 0 saturated heterocycles. The SMILES string of the molecule is CNC(=O)Oc1c(-c2ccc(Oc3ccccc3)cc2)oc2cc(C(C)=O)c(C3CC3)cc12. The number of Topliss-reactive ketones (excluding diaryl/α,β-unsaturated/α-hetero) is 1. The highest BCUT2D eigenvalue weighted by molar-refractivity contribution is 6.02. The predicted octanol–water partition coefficient (Wildman–Crippen LogP) is 6.69. The minimum Gasteiger partial charge on any atom is -0.457 e. The highest BCUT2D eigenvalue weighted by Gasteiger charge is 2.30. The van der Waals surface area contributed by atoms with Crippen molar-refractivity contribution in [3.05, 3.63) is 77.9 Å². The summed E-state index contributed by atoms with van der Waals surface area (Å²) in [4.78, 5) is 24.4. The fourth-order valence-electron chi connectivity index (χ4n) is 3.91. The number of hydrogen-bond acceptors (Lipinski definition) is 5. The van der Waals surface area contributed by atoms with Crippen molar-refractivity contribution in [2.45, 2.75) is 25.7 Å². The summed E-state index contributed by atoms with van der Waals surface area (Å²) in [5.41, 5.74) is 2.87. The lowest BCUT2D eigenvalue weighted by Gasteiger charge is -2.08. The molecule has 1 aromatic heterocycles. The molecule has 1 aliphatic rings. The average molecular weight is 441 g/mol. The quantitative estimate of drug-likeness (QED) is 0.337. The van der Waals surface area contributed by atoms with Gasteiger partial charge in [0.25, 0.3) is 0 Å². The third-order valence-corrected chi connectivity index (χ3v) is 5.71. The van der Waals surface area contributed by atoms with Crippen molar-refractivity contribution in [1.29, 1.82) is 0 Å². The summed E-state index contributed by atoms with van der Waals surface area (Å²) >= 11 is 0. The molecule has 0 unspecified atom stereocenters. The minimum atomic E-state index is -0.591. The summed E-state index contributed by atoms with van der Waals surface area (Å²) in [5, 5.41) is 3.16. The second-order valence-electron chi connectivity index (χ2n) is 8.11. The van der Waals surface area contributed by atoms with E-state index >= 15 is 0 Å². The van der Waals surface area contributed by atoms with Gasteiger partial charge in [0.1, 0.15) is 17.1 Å². The molecule has 5 rings (SSSR count). The van der Waals surface area contributed by atoms with Crippen LogP contribution >= 0.6 is 0 Å². The molecule has 4 aromatic rings. The summed E-state index contributed by atoms with van der Waals surface area (Å²) in [5.74, 6) is 2.51. The number of nitrogens with one attached hydrogen (secondary N) is 1. The molecule has 0 bridgehead atoms. The van der Waals surface area contributed by atoms with Crippen LogP contribution in [0, 0.1) is 0 Å². The Bertz CT molecular complexity index is 1330. The lowest BCUT2D eigenvalue weighted by Crippen LogP contribution is -2.22. The van der Waals surface area contributed by atoms with Gasteiger partial charge in [-0.05, 0) is 79.8 Å². The number of carbonyl (C=O) groups excluding carboxylic acids is 2. The summed E-state index contributed by atoms with van der Waals surface area (Å²) in [7, 11) is 1.50. The van der Waals surface area contributed by atoms with E-state index in [0.29, 0.717) is 39.7 Å². The first kappa shape index (κ1) is 20.8. The standard InChI is InChI=1S/C27H23NO5/c1-16(29)21-15-24-23(14-22(21)17-8-9-17)26(33-27(30)28-2)25(32-24)18-10-12-20(13-11-18)31-19-6-4-3-5-7-19/h3-7,10-15,17H,8-9H2,1-2H3,(H,28,30). The third kappa shape index (κ3) is 4.20. The van der Waals surface area contributed by atoms with E-state index < -0.39 is 6.09 Å². The molecule has 1 N–H and O–H groups in total. The summed E-state index contributed by atoms with van der Waals surface area (Å²) in [6.45, 7) is 1.56. The molecule has 1 fully saturated rings. The molecule has 1 heterocycles. The minimum absolute atomic E-state index is 0.00654. The predicted molar refractivity (Wildman–Crippen MR) is 125 cm³/mol. The zero-order chi connectivity index (χ0) is 22.9. The van der Waals surface area contributed by atoms with E-state index in [1.807, 2.05) is 60.7 Å². The van der Waals surface area contributed by atoms with Crippen LogP contribution in [0.15, 0.2) is 71.1 Å².